The van der Waals surface area contributed by atoms with Crippen molar-refractivity contribution in [2.45, 2.75) is 57.3 Å². The number of aromatic nitrogens is 2. The Balaban J connectivity index is 1.86. The van der Waals surface area contributed by atoms with Crippen molar-refractivity contribution in [1.29, 1.82) is 0 Å². The minimum absolute atomic E-state index is 0.280. The summed E-state index contributed by atoms with van der Waals surface area (Å²) in [6.07, 6.45) is 8.94. The Morgan fingerprint density at radius 3 is 2.94 bits per heavy atom. The summed E-state index contributed by atoms with van der Waals surface area (Å²) in [6, 6.07) is 1.47. The average molecular weight is 234 g/mol. The summed E-state index contributed by atoms with van der Waals surface area (Å²) >= 11 is 0. The molecule has 1 saturated carbocycles. The summed E-state index contributed by atoms with van der Waals surface area (Å²) in [5, 5.41) is 0. The molecule has 1 aromatic heterocycles. The number of rotatable bonds is 4. The summed E-state index contributed by atoms with van der Waals surface area (Å²) in [7, 11) is 0. The molecule has 1 aliphatic carbocycles. The van der Waals surface area contributed by atoms with Gasteiger partial charge in [0, 0.05) is 31.4 Å². The van der Waals surface area contributed by atoms with Gasteiger partial charge in [-0.1, -0.05) is 6.92 Å². The molecule has 1 saturated heterocycles. The highest BCUT2D eigenvalue weighted by atomic mass is 15.3. The van der Waals surface area contributed by atoms with E-state index < -0.39 is 0 Å². The first-order valence-electron chi connectivity index (χ1n) is 6.82. The molecule has 2 N–H and O–H groups in total. The van der Waals surface area contributed by atoms with E-state index in [-0.39, 0.29) is 6.04 Å². The normalized spacial score (nSPS) is 30.0. The van der Waals surface area contributed by atoms with E-state index in [1.165, 1.54) is 18.5 Å². The van der Waals surface area contributed by atoms with Gasteiger partial charge in [0.25, 0.3) is 0 Å². The molecular formula is C13H22N4. The monoisotopic (exact) mass is 234 g/mol. The molecule has 3 rings (SSSR count). The molecule has 2 heterocycles. The molecule has 1 aromatic rings. The van der Waals surface area contributed by atoms with Crippen LogP contribution in [0, 0.1) is 0 Å². The minimum Gasteiger partial charge on any atom is -0.333 e. The van der Waals surface area contributed by atoms with E-state index in [0.29, 0.717) is 6.04 Å². The van der Waals surface area contributed by atoms with Gasteiger partial charge in [-0.15, -0.1) is 0 Å². The lowest BCUT2D eigenvalue weighted by atomic mass is 10.1. The second-order valence-electron chi connectivity index (χ2n) is 5.38. The lowest BCUT2D eigenvalue weighted by Gasteiger charge is -2.27. The third-order valence-electron chi connectivity index (χ3n) is 4.01. The van der Waals surface area contributed by atoms with Crippen LogP contribution < -0.4 is 5.73 Å². The topological polar surface area (TPSA) is 47.1 Å². The molecule has 1 aliphatic heterocycles. The fraction of sp³-hybridized carbons (Fsp3) is 0.769. The number of likely N-dealkylation sites (tertiary alicyclic amines) is 1. The van der Waals surface area contributed by atoms with Crippen molar-refractivity contribution in [2.24, 2.45) is 5.73 Å². The minimum atomic E-state index is 0.280. The summed E-state index contributed by atoms with van der Waals surface area (Å²) in [5.41, 5.74) is 7.63. The second kappa shape index (κ2) is 4.42. The van der Waals surface area contributed by atoms with Crippen LogP contribution in [-0.2, 0) is 6.54 Å². The third-order valence-corrected chi connectivity index (χ3v) is 4.01. The Bertz CT molecular complexity index is 383. The van der Waals surface area contributed by atoms with Crippen LogP contribution >= 0.6 is 0 Å². The number of hydrogen-bond acceptors (Lipinski definition) is 3. The highest BCUT2D eigenvalue weighted by Crippen LogP contribution is 2.40. The largest absolute Gasteiger partial charge is 0.333 e. The zero-order valence-electron chi connectivity index (χ0n) is 10.5. The summed E-state index contributed by atoms with van der Waals surface area (Å²) in [4.78, 5) is 6.92. The van der Waals surface area contributed by atoms with Gasteiger partial charge in [-0.3, -0.25) is 4.90 Å². The van der Waals surface area contributed by atoms with Crippen LogP contribution in [0.3, 0.4) is 0 Å². The van der Waals surface area contributed by atoms with E-state index in [1.807, 2.05) is 12.5 Å². The van der Waals surface area contributed by atoms with Crippen LogP contribution in [-0.4, -0.2) is 33.1 Å². The molecule has 0 bridgehead atoms. The Kier molecular flexibility index (Phi) is 2.92. The second-order valence-corrected chi connectivity index (χ2v) is 5.38. The van der Waals surface area contributed by atoms with Gasteiger partial charge in [0.15, 0.2) is 0 Å². The standard InChI is InChI=1S/C13H22N4/c1-2-6-16-9-15-8-12(16)13-11(14)5-7-17(13)10-3-4-10/h8-11,13H,2-7,14H2,1H3. The van der Waals surface area contributed by atoms with Crippen LogP contribution in [0.4, 0.5) is 0 Å². The van der Waals surface area contributed by atoms with Crippen molar-refractivity contribution in [1.82, 2.24) is 14.5 Å². The van der Waals surface area contributed by atoms with Crippen molar-refractivity contribution in [2.75, 3.05) is 6.54 Å². The van der Waals surface area contributed by atoms with Gasteiger partial charge >= 0.3 is 0 Å². The highest BCUT2D eigenvalue weighted by Gasteiger charge is 2.42. The Hall–Kier alpha value is -0.870. The first-order chi connectivity index (χ1) is 8.31. The molecule has 2 aliphatic rings. The summed E-state index contributed by atoms with van der Waals surface area (Å²) < 4.78 is 2.28. The van der Waals surface area contributed by atoms with Gasteiger partial charge in [0.2, 0.25) is 0 Å². The van der Waals surface area contributed by atoms with Crippen molar-refractivity contribution in [3.05, 3.63) is 18.2 Å². The molecule has 4 heteroatoms. The van der Waals surface area contributed by atoms with Gasteiger partial charge in [-0.2, -0.15) is 0 Å². The Morgan fingerprint density at radius 2 is 2.24 bits per heavy atom. The maximum absolute atomic E-state index is 6.31. The van der Waals surface area contributed by atoms with Gasteiger partial charge in [0.1, 0.15) is 0 Å². The molecule has 0 aromatic carbocycles. The lowest BCUT2D eigenvalue weighted by Crippen LogP contribution is -2.34. The predicted octanol–water partition coefficient (Wildman–Crippen LogP) is 1.53. The van der Waals surface area contributed by atoms with Crippen LogP contribution in [0.5, 0.6) is 0 Å². The summed E-state index contributed by atoms with van der Waals surface area (Å²) in [5.74, 6) is 0. The van der Waals surface area contributed by atoms with Gasteiger partial charge < -0.3 is 10.3 Å². The fourth-order valence-corrected chi connectivity index (χ4v) is 3.05. The number of nitrogens with zero attached hydrogens (tertiary/aromatic N) is 3. The van der Waals surface area contributed by atoms with E-state index in [2.05, 4.69) is 21.4 Å². The lowest BCUT2D eigenvalue weighted by molar-refractivity contribution is 0.228. The van der Waals surface area contributed by atoms with Crippen molar-refractivity contribution >= 4 is 0 Å². The first kappa shape index (κ1) is 11.2. The third kappa shape index (κ3) is 2.00. The molecular weight excluding hydrogens is 212 g/mol. The fourth-order valence-electron chi connectivity index (χ4n) is 3.05. The maximum Gasteiger partial charge on any atom is 0.0948 e. The van der Waals surface area contributed by atoms with Gasteiger partial charge in [-0.05, 0) is 25.7 Å². The number of imidazole rings is 1. The maximum atomic E-state index is 6.31. The van der Waals surface area contributed by atoms with Crippen molar-refractivity contribution in [3.63, 3.8) is 0 Å². The number of hydrogen-bond donors (Lipinski definition) is 1. The highest BCUT2D eigenvalue weighted by molar-refractivity contribution is 5.14. The smallest absolute Gasteiger partial charge is 0.0948 e. The Morgan fingerprint density at radius 1 is 1.41 bits per heavy atom. The van der Waals surface area contributed by atoms with Gasteiger partial charge in [0.05, 0.1) is 18.1 Å². The van der Waals surface area contributed by atoms with Gasteiger partial charge in [-0.25, -0.2) is 4.98 Å². The van der Waals surface area contributed by atoms with E-state index >= 15 is 0 Å². The molecule has 0 radical (unpaired) electrons. The first-order valence-corrected chi connectivity index (χ1v) is 6.82. The molecule has 17 heavy (non-hydrogen) atoms. The Labute approximate surface area is 103 Å². The van der Waals surface area contributed by atoms with Crippen molar-refractivity contribution in [3.8, 4) is 0 Å². The molecule has 0 amide bonds. The predicted molar refractivity (Wildman–Crippen MR) is 67.6 cm³/mol. The molecule has 4 nitrogen and oxygen atoms in total. The van der Waals surface area contributed by atoms with E-state index in [1.54, 1.807) is 0 Å². The van der Waals surface area contributed by atoms with E-state index in [0.717, 1.165) is 32.0 Å². The van der Waals surface area contributed by atoms with E-state index in [9.17, 15) is 0 Å². The molecule has 2 atom stereocenters. The van der Waals surface area contributed by atoms with E-state index in [4.69, 9.17) is 5.73 Å². The number of nitrogens with two attached hydrogens (primary N) is 1. The van der Waals surface area contributed by atoms with Crippen LogP contribution in [0.2, 0.25) is 0 Å². The van der Waals surface area contributed by atoms with Crippen LogP contribution in [0.1, 0.15) is 44.3 Å². The zero-order valence-corrected chi connectivity index (χ0v) is 10.5. The molecule has 2 unspecified atom stereocenters. The summed E-state index contributed by atoms with van der Waals surface area (Å²) in [6.45, 7) is 4.42. The molecule has 94 valence electrons. The average Bonchev–Trinajstić information content (AvgIpc) is 2.95. The quantitative estimate of drug-likeness (QED) is 0.859. The molecule has 2 fully saturated rings. The van der Waals surface area contributed by atoms with Crippen LogP contribution in [0.15, 0.2) is 12.5 Å². The zero-order chi connectivity index (χ0) is 11.8. The number of aryl methyl sites for hydroxylation is 1. The SMILES string of the molecule is CCCn1cncc1C1C(N)CCN1C1CC1. The van der Waals surface area contributed by atoms with Crippen LogP contribution in [0.25, 0.3) is 0 Å². The van der Waals surface area contributed by atoms with Crippen molar-refractivity contribution < 1.29 is 0 Å². The molecule has 0 spiro atoms.